The molecule has 3 heterocycles. The van der Waals surface area contributed by atoms with Gasteiger partial charge in [0.05, 0.1) is 0 Å². The van der Waals surface area contributed by atoms with E-state index in [1.807, 2.05) is 13.8 Å². The van der Waals surface area contributed by atoms with Crippen molar-refractivity contribution in [3.63, 3.8) is 0 Å². The van der Waals surface area contributed by atoms with Crippen LogP contribution in [0.25, 0.3) is 0 Å². The lowest BCUT2D eigenvalue weighted by Crippen LogP contribution is -2.43. The first-order valence-electron chi connectivity index (χ1n) is 7.10. The lowest BCUT2D eigenvalue weighted by molar-refractivity contribution is -0.117. The number of aromatic nitrogens is 3. The van der Waals surface area contributed by atoms with Crippen LogP contribution in [0.15, 0.2) is 10.6 Å². The van der Waals surface area contributed by atoms with Gasteiger partial charge in [-0.05, 0) is 19.8 Å². The van der Waals surface area contributed by atoms with E-state index in [9.17, 15) is 4.79 Å². The Morgan fingerprint density at radius 3 is 2.73 bits per heavy atom. The quantitative estimate of drug-likeness (QED) is 0.798. The van der Waals surface area contributed by atoms with E-state index in [0.717, 1.165) is 0 Å². The van der Waals surface area contributed by atoms with E-state index in [0.29, 0.717) is 34.7 Å². The van der Waals surface area contributed by atoms with Gasteiger partial charge >= 0.3 is 0 Å². The summed E-state index contributed by atoms with van der Waals surface area (Å²) in [5.74, 6) is 2.94. The van der Waals surface area contributed by atoms with Crippen molar-refractivity contribution in [1.29, 1.82) is 0 Å². The lowest BCUT2D eigenvalue weighted by Gasteiger charge is -2.29. The topological polar surface area (TPSA) is 105 Å². The largest absolute Gasteiger partial charge is 0.360 e. The number of fused-ring (bicyclic) bond motifs is 1. The number of hydrogen-bond acceptors (Lipinski definition) is 7. The smallest absolute Gasteiger partial charge is 0.247 e. The van der Waals surface area contributed by atoms with Gasteiger partial charge in [0.2, 0.25) is 5.91 Å². The van der Waals surface area contributed by atoms with Crippen LogP contribution in [-0.2, 0) is 4.79 Å². The van der Waals surface area contributed by atoms with Gasteiger partial charge in [-0.15, -0.1) is 0 Å². The van der Waals surface area contributed by atoms with Crippen molar-refractivity contribution in [3.8, 4) is 0 Å². The van der Waals surface area contributed by atoms with Gasteiger partial charge in [-0.3, -0.25) is 4.79 Å². The van der Waals surface area contributed by atoms with Gasteiger partial charge < -0.3 is 20.5 Å². The summed E-state index contributed by atoms with van der Waals surface area (Å²) in [7, 11) is 0. The van der Waals surface area contributed by atoms with E-state index in [-0.39, 0.29) is 17.9 Å². The van der Waals surface area contributed by atoms with Crippen LogP contribution in [0.4, 0.5) is 23.1 Å². The Balaban J connectivity index is 1.97. The Labute approximate surface area is 127 Å². The molecule has 0 saturated carbocycles. The molecule has 0 radical (unpaired) electrons. The molecule has 22 heavy (non-hydrogen) atoms. The number of nitrogens with one attached hydrogen (secondary N) is 3. The molecule has 1 atom stereocenters. The number of amides is 1. The van der Waals surface area contributed by atoms with Crippen LogP contribution in [0, 0.1) is 19.8 Å². The summed E-state index contributed by atoms with van der Waals surface area (Å²) in [5, 5.41) is 13.0. The summed E-state index contributed by atoms with van der Waals surface area (Å²) in [4.78, 5) is 20.9. The van der Waals surface area contributed by atoms with Crippen molar-refractivity contribution in [2.75, 3.05) is 16.0 Å². The predicted octanol–water partition coefficient (Wildman–Crippen LogP) is 2.21. The first-order chi connectivity index (χ1) is 10.4. The molecule has 0 saturated heterocycles. The fourth-order valence-corrected chi connectivity index (χ4v) is 2.32. The summed E-state index contributed by atoms with van der Waals surface area (Å²) in [6.07, 6.45) is 0. The van der Waals surface area contributed by atoms with E-state index < -0.39 is 0 Å². The van der Waals surface area contributed by atoms with Crippen LogP contribution in [0.2, 0.25) is 0 Å². The van der Waals surface area contributed by atoms with Crippen LogP contribution in [0.1, 0.15) is 25.4 Å². The Kier molecular flexibility index (Phi) is 3.44. The number of rotatable bonds is 3. The summed E-state index contributed by atoms with van der Waals surface area (Å²) < 4.78 is 5.02. The maximum Gasteiger partial charge on any atom is 0.247 e. The highest BCUT2D eigenvalue weighted by molar-refractivity contribution is 6.05. The van der Waals surface area contributed by atoms with Gasteiger partial charge in [0, 0.05) is 6.07 Å². The van der Waals surface area contributed by atoms with Crippen LogP contribution in [0.3, 0.4) is 0 Å². The highest BCUT2D eigenvalue weighted by Crippen LogP contribution is 2.34. The minimum absolute atomic E-state index is 0.102. The molecular formula is C14H18N6O2. The molecule has 1 amide bonds. The third kappa shape index (κ3) is 2.59. The monoisotopic (exact) mass is 302 g/mol. The molecule has 0 aromatic carbocycles. The maximum absolute atomic E-state index is 12.2. The van der Waals surface area contributed by atoms with Gasteiger partial charge in [-0.1, -0.05) is 19.0 Å². The number of anilines is 4. The zero-order valence-electron chi connectivity index (χ0n) is 12.9. The second kappa shape index (κ2) is 5.28. The zero-order valence-corrected chi connectivity index (χ0v) is 12.9. The minimum Gasteiger partial charge on any atom is -0.360 e. The van der Waals surface area contributed by atoms with Crippen molar-refractivity contribution in [2.24, 2.45) is 5.92 Å². The SMILES string of the molecule is Cc1nc(Nc2cc(C)on2)c2c(n1)NC(C(C)C)C(=O)N2. The molecule has 0 bridgehead atoms. The summed E-state index contributed by atoms with van der Waals surface area (Å²) in [5.41, 5.74) is 0.521. The van der Waals surface area contributed by atoms with Crippen molar-refractivity contribution < 1.29 is 9.32 Å². The molecule has 8 heteroatoms. The van der Waals surface area contributed by atoms with Gasteiger partial charge in [0.15, 0.2) is 17.5 Å². The summed E-state index contributed by atoms with van der Waals surface area (Å²) in [6.45, 7) is 7.55. The van der Waals surface area contributed by atoms with E-state index in [1.54, 1.807) is 19.9 Å². The van der Waals surface area contributed by atoms with Crippen LogP contribution in [-0.4, -0.2) is 27.1 Å². The molecule has 3 rings (SSSR count). The van der Waals surface area contributed by atoms with E-state index in [2.05, 4.69) is 31.1 Å². The maximum atomic E-state index is 12.2. The Morgan fingerprint density at radius 1 is 1.32 bits per heavy atom. The molecule has 2 aromatic heterocycles. The average molecular weight is 302 g/mol. The lowest BCUT2D eigenvalue weighted by atomic mass is 10.0. The Morgan fingerprint density at radius 2 is 2.09 bits per heavy atom. The second-order valence-electron chi connectivity index (χ2n) is 5.65. The molecule has 1 aliphatic rings. The van der Waals surface area contributed by atoms with E-state index >= 15 is 0 Å². The normalized spacial score (nSPS) is 17.0. The standard InChI is InChI=1S/C14H18N6O2/c1-6(2)10-14(21)19-11-12(15-8(4)16-13(11)18-10)17-9-5-7(3)22-20-9/h5-6,10H,1-4H3,(H,19,21)(H2,15,16,17,18,20). The first-order valence-corrected chi connectivity index (χ1v) is 7.10. The van der Waals surface area contributed by atoms with Crippen LogP contribution < -0.4 is 16.0 Å². The second-order valence-corrected chi connectivity index (χ2v) is 5.65. The zero-order chi connectivity index (χ0) is 15.9. The first kappa shape index (κ1) is 14.3. The molecule has 1 aliphatic heterocycles. The van der Waals surface area contributed by atoms with E-state index in [1.165, 1.54) is 0 Å². The number of nitrogens with zero attached hydrogens (tertiary/aromatic N) is 3. The third-order valence-electron chi connectivity index (χ3n) is 3.38. The van der Waals surface area contributed by atoms with Crippen molar-refractivity contribution >= 4 is 29.0 Å². The fraction of sp³-hybridized carbons (Fsp3) is 0.429. The molecule has 0 aliphatic carbocycles. The Hall–Kier alpha value is -2.64. The van der Waals surface area contributed by atoms with Crippen molar-refractivity contribution in [2.45, 2.75) is 33.7 Å². The van der Waals surface area contributed by atoms with Crippen molar-refractivity contribution in [3.05, 3.63) is 17.7 Å². The van der Waals surface area contributed by atoms with Gasteiger partial charge in [-0.25, -0.2) is 9.97 Å². The number of carbonyl (C=O) groups excluding carboxylic acids is 1. The van der Waals surface area contributed by atoms with Crippen molar-refractivity contribution in [1.82, 2.24) is 15.1 Å². The summed E-state index contributed by atoms with van der Waals surface area (Å²) in [6, 6.07) is 1.43. The molecule has 0 spiro atoms. The molecule has 8 nitrogen and oxygen atoms in total. The number of aryl methyl sites for hydroxylation is 2. The molecule has 116 valence electrons. The van der Waals surface area contributed by atoms with Gasteiger partial charge in [0.1, 0.15) is 23.3 Å². The highest BCUT2D eigenvalue weighted by atomic mass is 16.5. The predicted molar refractivity (Wildman–Crippen MR) is 82.2 cm³/mol. The van der Waals surface area contributed by atoms with Gasteiger partial charge in [-0.2, -0.15) is 0 Å². The van der Waals surface area contributed by atoms with Crippen LogP contribution in [0.5, 0.6) is 0 Å². The Bertz CT molecular complexity index is 724. The third-order valence-corrected chi connectivity index (χ3v) is 3.38. The molecule has 2 aromatic rings. The average Bonchev–Trinajstić information content (AvgIpc) is 2.84. The number of carbonyl (C=O) groups is 1. The van der Waals surface area contributed by atoms with Gasteiger partial charge in [0.25, 0.3) is 0 Å². The van der Waals surface area contributed by atoms with Crippen LogP contribution >= 0.6 is 0 Å². The summed E-state index contributed by atoms with van der Waals surface area (Å²) >= 11 is 0. The molecule has 1 unspecified atom stereocenters. The molecular weight excluding hydrogens is 284 g/mol. The number of hydrogen-bond donors (Lipinski definition) is 3. The highest BCUT2D eigenvalue weighted by Gasteiger charge is 2.31. The van der Waals surface area contributed by atoms with E-state index in [4.69, 9.17) is 4.52 Å². The molecule has 0 fully saturated rings. The minimum atomic E-state index is -0.316. The fourth-order valence-electron chi connectivity index (χ4n) is 2.32. The molecule has 3 N–H and O–H groups in total.